The highest BCUT2D eigenvalue weighted by molar-refractivity contribution is 5.85. The lowest BCUT2D eigenvalue weighted by Crippen LogP contribution is -2.29. The van der Waals surface area contributed by atoms with Crippen LogP contribution in [0.25, 0.3) is 0 Å². The van der Waals surface area contributed by atoms with E-state index < -0.39 is 0 Å². The largest absolute Gasteiger partial charge is 0.355 e. The van der Waals surface area contributed by atoms with Crippen LogP contribution in [-0.2, 0) is 16.0 Å². The molecule has 1 aromatic carbocycles. The minimum Gasteiger partial charge on any atom is -0.355 e. The van der Waals surface area contributed by atoms with Crippen LogP contribution < -0.4 is 5.32 Å². The van der Waals surface area contributed by atoms with E-state index in [0.29, 0.717) is 13.1 Å². The van der Waals surface area contributed by atoms with E-state index in [9.17, 15) is 4.39 Å². The van der Waals surface area contributed by atoms with Crippen molar-refractivity contribution in [3.63, 3.8) is 0 Å². The third-order valence-electron chi connectivity index (χ3n) is 2.05. The molecule has 16 heavy (non-hydrogen) atoms. The van der Waals surface area contributed by atoms with Crippen LogP contribution in [0.5, 0.6) is 0 Å². The van der Waals surface area contributed by atoms with Crippen molar-refractivity contribution in [2.24, 2.45) is 0 Å². The third kappa shape index (κ3) is 5.42. The zero-order valence-corrected chi connectivity index (χ0v) is 10.2. The van der Waals surface area contributed by atoms with Crippen molar-refractivity contribution in [3.05, 3.63) is 35.6 Å². The number of methoxy groups -OCH3 is 2. The Balaban J connectivity index is 0.00000225. The second-order valence-corrected chi connectivity index (χ2v) is 3.16. The molecule has 0 saturated carbocycles. The Morgan fingerprint density at radius 1 is 1.31 bits per heavy atom. The first-order valence-electron chi connectivity index (χ1n) is 4.77. The lowest BCUT2D eigenvalue weighted by Gasteiger charge is -2.13. The minimum atomic E-state index is -0.265. The summed E-state index contributed by atoms with van der Waals surface area (Å²) in [5, 5.41) is 3.11. The molecule has 0 atom stereocenters. The van der Waals surface area contributed by atoms with Gasteiger partial charge in [-0.15, -0.1) is 12.4 Å². The molecule has 0 unspecified atom stereocenters. The van der Waals surface area contributed by atoms with Crippen LogP contribution in [-0.4, -0.2) is 27.1 Å². The molecule has 0 fully saturated rings. The fraction of sp³-hybridized carbons (Fsp3) is 0.455. The molecule has 3 nitrogen and oxygen atoms in total. The van der Waals surface area contributed by atoms with Crippen molar-refractivity contribution in [1.82, 2.24) is 5.32 Å². The summed E-state index contributed by atoms with van der Waals surface area (Å²) < 4.78 is 22.8. The van der Waals surface area contributed by atoms with Crippen LogP contribution in [0.2, 0.25) is 0 Å². The van der Waals surface area contributed by atoms with Gasteiger partial charge >= 0.3 is 0 Å². The summed E-state index contributed by atoms with van der Waals surface area (Å²) in [6.07, 6.45) is -0.265. The zero-order valence-electron chi connectivity index (χ0n) is 9.40. The van der Waals surface area contributed by atoms with Gasteiger partial charge in [0.2, 0.25) is 0 Å². The Kier molecular flexibility index (Phi) is 8.11. The standard InChI is InChI=1S/C11H16FNO2.ClH/c1-14-11(15-2)8-13-7-9-4-3-5-10(12)6-9;/h3-6,11,13H,7-8H2,1-2H3;1H. The first kappa shape index (κ1) is 15.3. The van der Waals surface area contributed by atoms with Gasteiger partial charge in [-0.1, -0.05) is 12.1 Å². The lowest BCUT2D eigenvalue weighted by molar-refractivity contribution is -0.0989. The van der Waals surface area contributed by atoms with Crippen molar-refractivity contribution in [2.45, 2.75) is 12.8 Å². The highest BCUT2D eigenvalue weighted by Crippen LogP contribution is 2.02. The van der Waals surface area contributed by atoms with E-state index in [0.717, 1.165) is 5.56 Å². The van der Waals surface area contributed by atoms with Gasteiger partial charge in [-0.05, 0) is 17.7 Å². The maximum absolute atomic E-state index is 12.8. The molecule has 0 aliphatic rings. The fourth-order valence-corrected chi connectivity index (χ4v) is 1.24. The molecule has 0 amide bonds. The summed E-state index contributed by atoms with van der Waals surface area (Å²) in [4.78, 5) is 0. The summed E-state index contributed by atoms with van der Waals surface area (Å²) in [6, 6.07) is 6.49. The van der Waals surface area contributed by atoms with E-state index in [1.165, 1.54) is 12.1 Å². The van der Waals surface area contributed by atoms with E-state index in [1.54, 1.807) is 20.3 Å². The van der Waals surface area contributed by atoms with E-state index in [-0.39, 0.29) is 24.5 Å². The Morgan fingerprint density at radius 2 is 2.00 bits per heavy atom. The van der Waals surface area contributed by atoms with Gasteiger partial charge in [0, 0.05) is 27.3 Å². The molecule has 0 bridgehead atoms. The van der Waals surface area contributed by atoms with E-state index in [1.807, 2.05) is 6.07 Å². The summed E-state index contributed by atoms with van der Waals surface area (Å²) in [6.45, 7) is 1.17. The minimum absolute atomic E-state index is 0. The molecule has 0 radical (unpaired) electrons. The molecule has 0 aromatic heterocycles. The number of nitrogens with one attached hydrogen (secondary N) is 1. The van der Waals surface area contributed by atoms with Crippen LogP contribution >= 0.6 is 12.4 Å². The zero-order chi connectivity index (χ0) is 11.1. The van der Waals surface area contributed by atoms with Gasteiger partial charge in [-0.2, -0.15) is 0 Å². The first-order valence-corrected chi connectivity index (χ1v) is 4.77. The van der Waals surface area contributed by atoms with Crippen LogP contribution in [0, 0.1) is 5.82 Å². The van der Waals surface area contributed by atoms with Crippen LogP contribution in [0.1, 0.15) is 5.56 Å². The highest BCUT2D eigenvalue weighted by atomic mass is 35.5. The second kappa shape index (κ2) is 8.47. The number of halogens is 2. The molecule has 0 aliphatic heterocycles. The molecule has 92 valence electrons. The Hall–Kier alpha value is -0.680. The Morgan fingerprint density at radius 3 is 2.56 bits per heavy atom. The molecule has 1 rings (SSSR count). The lowest BCUT2D eigenvalue weighted by atomic mass is 10.2. The van der Waals surface area contributed by atoms with Crippen molar-refractivity contribution < 1.29 is 13.9 Å². The van der Waals surface area contributed by atoms with Crippen molar-refractivity contribution in [2.75, 3.05) is 20.8 Å². The molecule has 1 aromatic rings. The Bertz CT molecular complexity index is 295. The van der Waals surface area contributed by atoms with Crippen LogP contribution in [0.4, 0.5) is 4.39 Å². The van der Waals surface area contributed by atoms with Crippen molar-refractivity contribution in [3.8, 4) is 0 Å². The number of hydrogen-bond acceptors (Lipinski definition) is 3. The Labute approximate surface area is 101 Å². The maximum Gasteiger partial charge on any atom is 0.169 e. The maximum atomic E-state index is 12.8. The summed E-state index contributed by atoms with van der Waals surface area (Å²) in [5.41, 5.74) is 0.904. The topological polar surface area (TPSA) is 30.5 Å². The molecule has 0 saturated heterocycles. The van der Waals surface area contributed by atoms with Crippen LogP contribution in [0.15, 0.2) is 24.3 Å². The average molecular weight is 250 g/mol. The first-order chi connectivity index (χ1) is 7.26. The highest BCUT2D eigenvalue weighted by Gasteiger charge is 2.03. The fourth-order valence-electron chi connectivity index (χ4n) is 1.24. The summed E-state index contributed by atoms with van der Waals surface area (Å²) in [7, 11) is 3.16. The van der Waals surface area contributed by atoms with Crippen molar-refractivity contribution in [1.29, 1.82) is 0 Å². The summed E-state index contributed by atoms with van der Waals surface area (Å²) in [5.74, 6) is -0.218. The monoisotopic (exact) mass is 249 g/mol. The van der Waals surface area contributed by atoms with Gasteiger partial charge in [-0.25, -0.2) is 4.39 Å². The van der Waals surface area contributed by atoms with Gasteiger partial charge in [0.05, 0.1) is 0 Å². The normalized spacial score (nSPS) is 10.2. The predicted molar refractivity (Wildman–Crippen MR) is 63.2 cm³/mol. The molecule has 0 spiro atoms. The van der Waals surface area contributed by atoms with Crippen LogP contribution in [0.3, 0.4) is 0 Å². The SMILES string of the molecule is COC(CNCc1cccc(F)c1)OC.Cl. The molecular weight excluding hydrogens is 233 g/mol. The molecule has 0 aliphatic carbocycles. The van der Waals surface area contributed by atoms with E-state index >= 15 is 0 Å². The van der Waals surface area contributed by atoms with Gasteiger partial charge in [-0.3, -0.25) is 0 Å². The third-order valence-corrected chi connectivity index (χ3v) is 2.05. The summed E-state index contributed by atoms with van der Waals surface area (Å²) >= 11 is 0. The van der Waals surface area contributed by atoms with E-state index in [4.69, 9.17) is 9.47 Å². The van der Waals surface area contributed by atoms with Gasteiger partial charge in [0.15, 0.2) is 6.29 Å². The van der Waals surface area contributed by atoms with Gasteiger partial charge in [0.25, 0.3) is 0 Å². The van der Waals surface area contributed by atoms with Gasteiger partial charge in [0.1, 0.15) is 5.82 Å². The van der Waals surface area contributed by atoms with E-state index in [2.05, 4.69) is 5.32 Å². The number of hydrogen-bond donors (Lipinski definition) is 1. The smallest absolute Gasteiger partial charge is 0.169 e. The number of benzene rings is 1. The molecule has 5 heteroatoms. The van der Waals surface area contributed by atoms with Crippen molar-refractivity contribution >= 4 is 12.4 Å². The molecule has 1 N–H and O–H groups in total. The average Bonchev–Trinajstić information content (AvgIpc) is 2.25. The van der Waals surface area contributed by atoms with Gasteiger partial charge < -0.3 is 14.8 Å². The number of ether oxygens (including phenoxy) is 2. The molecule has 0 heterocycles. The number of rotatable bonds is 6. The quantitative estimate of drug-likeness (QED) is 0.782. The molecular formula is C11H17ClFNO2. The predicted octanol–water partition coefficient (Wildman–Crippen LogP) is 1.96. The second-order valence-electron chi connectivity index (χ2n) is 3.16.